The van der Waals surface area contributed by atoms with Gasteiger partial charge in [0.1, 0.15) is 0 Å². The van der Waals surface area contributed by atoms with Crippen LogP contribution in [0.25, 0.3) is 0 Å². The standard InChI is InChI=1S/C34H68O2/c1-4-6-7-8-9-10-11-14-17-20-23-26-29-32-36-34(35)31-28-25-22-19-16-13-12-15-18-21-24-27-30-33(3)5-2/h33H,4-32H2,1-3H3. The fraction of sp³-hybridized carbons (Fsp3) is 0.971. The Kier molecular flexibility index (Phi) is 30.2. The molecular weight excluding hydrogens is 440 g/mol. The Morgan fingerprint density at radius 3 is 1.28 bits per heavy atom. The smallest absolute Gasteiger partial charge is 0.305 e. The van der Waals surface area contributed by atoms with E-state index in [1.807, 2.05) is 0 Å². The van der Waals surface area contributed by atoms with E-state index in [1.54, 1.807) is 0 Å². The number of esters is 1. The van der Waals surface area contributed by atoms with Crippen molar-refractivity contribution in [1.29, 1.82) is 0 Å². The number of hydrogen-bond donors (Lipinski definition) is 0. The van der Waals surface area contributed by atoms with Crippen LogP contribution in [0, 0.1) is 5.92 Å². The first-order valence-electron chi connectivity index (χ1n) is 16.9. The van der Waals surface area contributed by atoms with Crippen LogP contribution >= 0.6 is 0 Å². The van der Waals surface area contributed by atoms with Gasteiger partial charge < -0.3 is 4.74 Å². The normalized spacial score (nSPS) is 12.2. The molecule has 216 valence electrons. The van der Waals surface area contributed by atoms with E-state index in [2.05, 4.69) is 20.8 Å². The second-order valence-electron chi connectivity index (χ2n) is 11.8. The minimum Gasteiger partial charge on any atom is -0.466 e. The molecule has 0 bridgehead atoms. The third-order valence-corrected chi connectivity index (χ3v) is 8.04. The molecule has 0 spiro atoms. The molecule has 0 aromatic carbocycles. The number of rotatable bonds is 30. The summed E-state index contributed by atoms with van der Waals surface area (Å²) in [5.74, 6) is 0.947. The van der Waals surface area contributed by atoms with Gasteiger partial charge in [0.15, 0.2) is 0 Å². The molecule has 0 heterocycles. The zero-order valence-corrected chi connectivity index (χ0v) is 25.4. The Morgan fingerprint density at radius 2 is 0.861 bits per heavy atom. The molecule has 0 aromatic rings. The van der Waals surface area contributed by atoms with Gasteiger partial charge in [-0.25, -0.2) is 0 Å². The van der Waals surface area contributed by atoms with Crippen LogP contribution in [0.15, 0.2) is 0 Å². The van der Waals surface area contributed by atoms with Gasteiger partial charge in [-0.05, 0) is 18.8 Å². The van der Waals surface area contributed by atoms with E-state index in [9.17, 15) is 4.79 Å². The Hall–Kier alpha value is -0.530. The molecular formula is C34H68O2. The number of ether oxygens (including phenoxy) is 1. The highest BCUT2D eigenvalue weighted by Gasteiger charge is 2.03. The lowest BCUT2D eigenvalue weighted by molar-refractivity contribution is -0.143. The van der Waals surface area contributed by atoms with Crippen molar-refractivity contribution in [2.45, 2.75) is 201 Å². The molecule has 0 N–H and O–H groups in total. The highest BCUT2D eigenvalue weighted by Crippen LogP contribution is 2.16. The molecule has 0 radical (unpaired) electrons. The van der Waals surface area contributed by atoms with E-state index in [-0.39, 0.29) is 5.97 Å². The largest absolute Gasteiger partial charge is 0.466 e. The molecule has 0 saturated carbocycles. The van der Waals surface area contributed by atoms with Gasteiger partial charge in [0.2, 0.25) is 0 Å². The molecule has 1 atom stereocenters. The Labute approximate surface area is 228 Å². The first kappa shape index (κ1) is 35.5. The predicted octanol–water partition coefficient (Wildman–Crippen LogP) is 12.1. The summed E-state index contributed by atoms with van der Waals surface area (Å²) in [5, 5.41) is 0. The summed E-state index contributed by atoms with van der Waals surface area (Å²) < 4.78 is 5.43. The van der Waals surface area contributed by atoms with Crippen LogP contribution in [0.1, 0.15) is 201 Å². The first-order chi connectivity index (χ1) is 17.7. The lowest BCUT2D eigenvalue weighted by Gasteiger charge is -2.07. The van der Waals surface area contributed by atoms with Gasteiger partial charge in [0, 0.05) is 6.42 Å². The van der Waals surface area contributed by atoms with E-state index in [1.165, 1.54) is 161 Å². The molecule has 0 fully saturated rings. The van der Waals surface area contributed by atoms with Crippen molar-refractivity contribution in [3.63, 3.8) is 0 Å². The number of carbonyl (C=O) groups excluding carboxylic acids is 1. The summed E-state index contributed by atoms with van der Waals surface area (Å²) in [6.45, 7) is 7.61. The van der Waals surface area contributed by atoms with Gasteiger partial charge in [0.25, 0.3) is 0 Å². The van der Waals surface area contributed by atoms with Crippen LogP contribution in [0.3, 0.4) is 0 Å². The van der Waals surface area contributed by atoms with Crippen LogP contribution < -0.4 is 0 Å². The molecule has 1 unspecified atom stereocenters. The fourth-order valence-corrected chi connectivity index (χ4v) is 5.11. The molecule has 0 rings (SSSR count). The molecule has 0 saturated heterocycles. The van der Waals surface area contributed by atoms with E-state index in [0.717, 1.165) is 18.8 Å². The second-order valence-corrected chi connectivity index (χ2v) is 11.8. The minimum atomic E-state index is 0.0260. The maximum absolute atomic E-state index is 11.9. The average molecular weight is 509 g/mol. The predicted molar refractivity (Wildman–Crippen MR) is 161 cm³/mol. The highest BCUT2D eigenvalue weighted by molar-refractivity contribution is 5.69. The molecule has 2 heteroatoms. The number of carbonyl (C=O) groups is 1. The third kappa shape index (κ3) is 29.7. The van der Waals surface area contributed by atoms with Gasteiger partial charge >= 0.3 is 5.97 Å². The van der Waals surface area contributed by atoms with Gasteiger partial charge in [-0.1, -0.05) is 181 Å². The summed E-state index contributed by atoms with van der Waals surface area (Å²) in [4.78, 5) is 11.9. The number of unbranched alkanes of at least 4 members (excludes halogenated alkanes) is 23. The summed E-state index contributed by atoms with van der Waals surface area (Å²) >= 11 is 0. The second kappa shape index (κ2) is 30.7. The Morgan fingerprint density at radius 1 is 0.500 bits per heavy atom. The maximum atomic E-state index is 11.9. The lowest BCUT2D eigenvalue weighted by Crippen LogP contribution is -2.05. The van der Waals surface area contributed by atoms with E-state index in [4.69, 9.17) is 4.74 Å². The fourth-order valence-electron chi connectivity index (χ4n) is 5.11. The molecule has 0 aliphatic rings. The van der Waals surface area contributed by atoms with Gasteiger partial charge in [-0.15, -0.1) is 0 Å². The van der Waals surface area contributed by atoms with Crippen molar-refractivity contribution in [3.8, 4) is 0 Å². The average Bonchev–Trinajstić information content (AvgIpc) is 2.88. The molecule has 0 aliphatic heterocycles. The van der Waals surface area contributed by atoms with Crippen LogP contribution in [0.5, 0.6) is 0 Å². The van der Waals surface area contributed by atoms with Crippen molar-refractivity contribution < 1.29 is 9.53 Å². The SMILES string of the molecule is CCCCCCCCCCCCCCCOC(=O)CCCCCCCCCCCCCCC(C)CC. The van der Waals surface area contributed by atoms with Gasteiger partial charge in [-0.2, -0.15) is 0 Å². The van der Waals surface area contributed by atoms with Gasteiger partial charge in [0.05, 0.1) is 6.61 Å². The monoisotopic (exact) mass is 509 g/mol. The van der Waals surface area contributed by atoms with Crippen molar-refractivity contribution in [1.82, 2.24) is 0 Å². The Bertz CT molecular complexity index is 419. The summed E-state index contributed by atoms with van der Waals surface area (Å²) in [7, 11) is 0. The van der Waals surface area contributed by atoms with E-state index < -0.39 is 0 Å². The van der Waals surface area contributed by atoms with Crippen LogP contribution in [0.4, 0.5) is 0 Å². The topological polar surface area (TPSA) is 26.3 Å². The molecule has 2 nitrogen and oxygen atoms in total. The zero-order chi connectivity index (χ0) is 26.4. The molecule has 0 aromatic heterocycles. The summed E-state index contributed by atoms with van der Waals surface area (Å²) in [5.41, 5.74) is 0. The molecule has 0 aliphatic carbocycles. The highest BCUT2D eigenvalue weighted by atomic mass is 16.5. The molecule has 0 amide bonds. The van der Waals surface area contributed by atoms with Crippen LogP contribution in [-0.2, 0) is 9.53 Å². The van der Waals surface area contributed by atoms with E-state index in [0.29, 0.717) is 13.0 Å². The Balaban J connectivity index is 3.16. The van der Waals surface area contributed by atoms with Gasteiger partial charge in [-0.3, -0.25) is 4.79 Å². The van der Waals surface area contributed by atoms with Crippen molar-refractivity contribution in [2.75, 3.05) is 6.61 Å². The van der Waals surface area contributed by atoms with Crippen LogP contribution in [-0.4, -0.2) is 12.6 Å². The number of hydrogen-bond acceptors (Lipinski definition) is 2. The third-order valence-electron chi connectivity index (χ3n) is 8.04. The summed E-state index contributed by atoms with van der Waals surface area (Å²) in [6.07, 6.45) is 37.1. The van der Waals surface area contributed by atoms with Crippen molar-refractivity contribution >= 4 is 5.97 Å². The van der Waals surface area contributed by atoms with Crippen LogP contribution in [0.2, 0.25) is 0 Å². The lowest BCUT2D eigenvalue weighted by atomic mass is 9.99. The molecule has 36 heavy (non-hydrogen) atoms. The zero-order valence-electron chi connectivity index (χ0n) is 25.4. The van der Waals surface area contributed by atoms with Crippen molar-refractivity contribution in [3.05, 3.63) is 0 Å². The maximum Gasteiger partial charge on any atom is 0.305 e. The van der Waals surface area contributed by atoms with Crippen molar-refractivity contribution in [2.24, 2.45) is 5.92 Å². The minimum absolute atomic E-state index is 0.0260. The first-order valence-corrected chi connectivity index (χ1v) is 16.9. The quantitative estimate of drug-likeness (QED) is 0.0712. The van der Waals surface area contributed by atoms with E-state index >= 15 is 0 Å². The summed E-state index contributed by atoms with van der Waals surface area (Å²) in [6, 6.07) is 0.